The predicted molar refractivity (Wildman–Crippen MR) is 77.3 cm³/mol. The van der Waals surface area contributed by atoms with E-state index in [1.807, 2.05) is 0 Å². The van der Waals surface area contributed by atoms with Gasteiger partial charge in [-0.15, -0.1) is 0 Å². The third kappa shape index (κ3) is 3.88. The summed E-state index contributed by atoms with van der Waals surface area (Å²) in [5, 5.41) is 3.22. The van der Waals surface area contributed by atoms with Crippen molar-refractivity contribution in [1.82, 2.24) is 10.0 Å². The summed E-state index contributed by atoms with van der Waals surface area (Å²) in [6, 6.07) is 6.06. The first-order valence-electron chi connectivity index (χ1n) is 6.83. The summed E-state index contributed by atoms with van der Waals surface area (Å²) in [6.07, 6.45) is 2.91. The van der Waals surface area contributed by atoms with E-state index in [0.29, 0.717) is 12.1 Å². The molecule has 1 unspecified atom stereocenters. The lowest BCUT2D eigenvalue weighted by Crippen LogP contribution is -2.40. The molecule has 1 fully saturated rings. The molecule has 5 nitrogen and oxygen atoms in total. The van der Waals surface area contributed by atoms with Crippen LogP contribution in [0.25, 0.3) is 0 Å². The Morgan fingerprint density at radius 1 is 1.35 bits per heavy atom. The number of hydrogen-bond acceptors (Lipinski definition) is 4. The van der Waals surface area contributed by atoms with Gasteiger partial charge in [-0.2, -0.15) is 0 Å². The molecule has 1 atom stereocenters. The monoisotopic (exact) mass is 296 g/mol. The quantitative estimate of drug-likeness (QED) is 0.822. The van der Waals surface area contributed by atoms with Crippen LogP contribution in [-0.4, -0.2) is 33.3 Å². The van der Waals surface area contributed by atoms with Crippen LogP contribution in [0.4, 0.5) is 0 Å². The van der Waals surface area contributed by atoms with Crippen LogP contribution in [0.1, 0.15) is 36.5 Å². The molecule has 2 N–H and O–H groups in total. The molecular formula is C14H20N2O3S. The molecule has 110 valence electrons. The van der Waals surface area contributed by atoms with Gasteiger partial charge in [0, 0.05) is 18.2 Å². The Hall–Kier alpha value is -1.24. The SMILES string of the molecule is CC(=O)c1cccc(S(=O)(=O)NC2CCCCNC2)c1. The van der Waals surface area contributed by atoms with Crippen LogP contribution in [-0.2, 0) is 10.0 Å². The first-order valence-corrected chi connectivity index (χ1v) is 8.31. The fourth-order valence-electron chi connectivity index (χ4n) is 2.29. The molecule has 0 aromatic heterocycles. The van der Waals surface area contributed by atoms with Gasteiger partial charge >= 0.3 is 0 Å². The lowest BCUT2D eigenvalue weighted by atomic mass is 10.2. The number of Topliss-reactive ketones (excluding diaryl/α,β-unsaturated/α-hetero) is 1. The molecule has 0 bridgehead atoms. The summed E-state index contributed by atoms with van der Waals surface area (Å²) in [6.45, 7) is 3.00. The van der Waals surface area contributed by atoms with Crippen molar-refractivity contribution in [1.29, 1.82) is 0 Å². The highest BCUT2D eigenvalue weighted by Crippen LogP contribution is 2.14. The molecule has 6 heteroatoms. The summed E-state index contributed by atoms with van der Waals surface area (Å²) in [5.41, 5.74) is 0.409. The summed E-state index contributed by atoms with van der Waals surface area (Å²) < 4.78 is 27.4. The summed E-state index contributed by atoms with van der Waals surface area (Å²) in [7, 11) is -3.57. The zero-order valence-electron chi connectivity index (χ0n) is 11.6. The molecule has 1 heterocycles. The largest absolute Gasteiger partial charge is 0.315 e. The van der Waals surface area contributed by atoms with Gasteiger partial charge in [0.15, 0.2) is 5.78 Å². The molecule has 0 amide bonds. The first kappa shape index (κ1) is 15.2. The number of sulfonamides is 1. The Labute approximate surface area is 119 Å². The minimum absolute atomic E-state index is 0.0940. The summed E-state index contributed by atoms with van der Waals surface area (Å²) in [5.74, 6) is -0.141. The number of ketones is 1. The normalized spacial score (nSPS) is 20.4. The number of carbonyl (C=O) groups excluding carboxylic acids is 1. The van der Waals surface area contributed by atoms with Crippen LogP contribution in [0.15, 0.2) is 29.2 Å². The van der Waals surface area contributed by atoms with Gasteiger partial charge in [-0.05, 0) is 38.4 Å². The molecule has 20 heavy (non-hydrogen) atoms. The fraction of sp³-hybridized carbons (Fsp3) is 0.500. The Morgan fingerprint density at radius 2 is 2.15 bits per heavy atom. The number of benzene rings is 1. The predicted octanol–water partition coefficient (Wildman–Crippen LogP) is 1.31. The highest BCUT2D eigenvalue weighted by Gasteiger charge is 2.21. The van der Waals surface area contributed by atoms with E-state index < -0.39 is 10.0 Å². The molecule has 0 radical (unpaired) electrons. The zero-order valence-corrected chi connectivity index (χ0v) is 12.4. The van der Waals surface area contributed by atoms with E-state index >= 15 is 0 Å². The fourth-order valence-corrected chi connectivity index (χ4v) is 3.61. The number of hydrogen-bond donors (Lipinski definition) is 2. The van der Waals surface area contributed by atoms with Crippen molar-refractivity contribution >= 4 is 15.8 Å². The van der Waals surface area contributed by atoms with Crippen molar-refractivity contribution in [2.75, 3.05) is 13.1 Å². The highest BCUT2D eigenvalue weighted by atomic mass is 32.2. The van der Waals surface area contributed by atoms with Crippen LogP contribution >= 0.6 is 0 Å². The molecule has 2 rings (SSSR count). The van der Waals surface area contributed by atoms with Gasteiger partial charge in [0.2, 0.25) is 10.0 Å². The highest BCUT2D eigenvalue weighted by molar-refractivity contribution is 7.89. The molecule has 0 saturated carbocycles. The van der Waals surface area contributed by atoms with E-state index in [-0.39, 0.29) is 16.7 Å². The lowest BCUT2D eigenvalue weighted by Gasteiger charge is -2.16. The Morgan fingerprint density at radius 3 is 2.90 bits per heavy atom. The van der Waals surface area contributed by atoms with Crippen LogP contribution in [0.3, 0.4) is 0 Å². The van der Waals surface area contributed by atoms with E-state index in [0.717, 1.165) is 25.8 Å². The van der Waals surface area contributed by atoms with Crippen molar-refractivity contribution in [3.8, 4) is 0 Å². The first-order chi connectivity index (χ1) is 9.49. The van der Waals surface area contributed by atoms with Crippen LogP contribution in [0.2, 0.25) is 0 Å². The van der Waals surface area contributed by atoms with Crippen molar-refractivity contribution < 1.29 is 13.2 Å². The lowest BCUT2D eigenvalue weighted by molar-refractivity contribution is 0.101. The number of rotatable bonds is 4. The smallest absolute Gasteiger partial charge is 0.240 e. The number of nitrogens with one attached hydrogen (secondary N) is 2. The molecule has 1 aliphatic heterocycles. The van der Waals surface area contributed by atoms with E-state index in [4.69, 9.17) is 0 Å². The van der Waals surface area contributed by atoms with Gasteiger partial charge in [-0.3, -0.25) is 4.79 Å². The molecule has 0 aliphatic carbocycles. The standard InChI is InChI=1S/C14H20N2O3S/c1-11(17)12-5-4-7-14(9-12)20(18,19)16-13-6-2-3-8-15-10-13/h4-5,7,9,13,15-16H,2-3,6,8,10H2,1H3. The molecular weight excluding hydrogens is 276 g/mol. The third-order valence-electron chi connectivity index (χ3n) is 3.42. The van der Waals surface area contributed by atoms with Crippen molar-refractivity contribution in [2.24, 2.45) is 0 Å². The second-order valence-corrected chi connectivity index (χ2v) is 6.82. The minimum Gasteiger partial charge on any atom is -0.315 e. The number of carbonyl (C=O) groups is 1. The van der Waals surface area contributed by atoms with Crippen LogP contribution in [0.5, 0.6) is 0 Å². The molecule has 1 aromatic rings. The van der Waals surface area contributed by atoms with Gasteiger partial charge in [-0.1, -0.05) is 18.6 Å². The second-order valence-electron chi connectivity index (χ2n) is 5.10. The van der Waals surface area contributed by atoms with Gasteiger partial charge < -0.3 is 5.32 Å². The maximum Gasteiger partial charge on any atom is 0.240 e. The third-order valence-corrected chi connectivity index (χ3v) is 4.94. The molecule has 0 spiro atoms. The zero-order chi connectivity index (χ0) is 14.6. The van der Waals surface area contributed by atoms with E-state index in [2.05, 4.69) is 10.0 Å². The average Bonchev–Trinajstić information content (AvgIpc) is 2.67. The van der Waals surface area contributed by atoms with E-state index in [1.165, 1.54) is 19.1 Å². The molecule has 1 aliphatic rings. The Balaban J connectivity index is 2.17. The van der Waals surface area contributed by atoms with Crippen molar-refractivity contribution in [3.63, 3.8) is 0 Å². The Kier molecular flexibility index (Phi) is 4.91. The van der Waals surface area contributed by atoms with E-state index in [9.17, 15) is 13.2 Å². The Bertz CT molecular complexity index is 576. The minimum atomic E-state index is -3.57. The molecule has 1 aromatic carbocycles. The van der Waals surface area contributed by atoms with Gasteiger partial charge in [0.1, 0.15) is 0 Å². The summed E-state index contributed by atoms with van der Waals surface area (Å²) >= 11 is 0. The van der Waals surface area contributed by atoms with Crippen LogP contribution < -0.4 is 10.0 Å². The van der Waals surface area contributed by atoms with E-state index in [1.54, 1.807) is 12.1 Å². The van der Waals surface area contributed by atoms with Crippen molar-refractivity contribution in [2.45, 2.75) is 37.1 Å². The maximum absolute atomic E-state index is 12.3. The van der Waals surface area contributed by atoms with Gasteiger partial charge in [0.25, 0.3) is 0 Å². The van der Waals surface area contributed by atoms with Gasteiger partial charge in [-0.25, -0.2) is 13.1 Å². The van der Waals surface area contributed by atoms with Crippen molar-refractivity contribution in [3.05, 3.63) is 29.8 Å². The maximum atomic E-state index is 12.3. The summed E-state index contributed by atoms with van der Waals surface area (Å²) in [4.78, 5) is 11.5. The second kappa shape index (κ2) is 6.47. The molecule has 1 saturated heterocycles. The average molecular weight is 296 g/mol. The topological polar surface area (TPSA) is 75.3 Å². The van der Waals surface area contributed by atoms with Crippen LogP contribution in [0, 0.1) is 0 Å². The van der Waals surface area contributed by atoms with Gasteiger partial charge in [0.05, 0.1) is 4.90 Å².